The zero-order valence-corrected chi connectivity index (χ0v) is 18.1. The fourth-order valence-corrected chi connectivity index (χ4v) is 3.67. The molecular weight excluding hydrogens is 386 g/mol. The lowest BCUT2D eigenvalue weighted by Gasteiger charge is -2.23. The second kappa shape index (κ2) is 9.15. The minimum absolute atomic E-state index is 0.0164. The Morgan fingerprint density at radius 3 is 2.43 bits per heavy atom. The molecule has 9 nitrogen and oxygen atoms in total. The predicted octanol–water partition coefficient (Wildman–Crippen LogP) is 2.25. The van der Waals surface area contributed by atoms with Gasteiger partial charge in [-0.3, -0.25) is 14.7 Å². The number of H-pyrrole nitrogens is 1. The molecule has 0 aliphatic carbocycles. The zero-order chi connectivity index (χ0) is 21.8. The molecule has 0 saturated carbocycles. The van der Waals surface area contributed by atoms with Crippen LogP contribution in [-0.2, 0) is 4.79 Å². The molecule has 30 heavy (non-hydrogen) atoms. The van der Waals surface area contributed by atoms with Gasteiger partial charge in [0.05, 0.1) is 20.3 Å². The molecule has 1 aliphatic rings. The highest BCUT2D eigenvalue weighted by Crippen LogP contribution is 2.33. The summed E-state index contributed by atoms with van der Waals surface area (Å²) in [5.74, 6) is 2.33. The van der Waals surface area contributed by atoms with Crippen molar-refractivity contribution in [3.05, 3.63) is 35.4 Å². The topological polar surface area (TPSA) is 109 Å². The molecule has 1 aromatic carbocycles. The fourth-order valence-electron chi connectivity index (χ4n) is 3.67. The number of carbonyl (C=O) groups is 2. The minimum atomic E-state index is -0.344. The zero-order valence-electron chi connectivity index (χ0n) is 18.1. The van der Waals surface area contributed by atoms with Crippen LogP contribution in [0.5, 0.6) is 11.5 Å². The number of amides is 2. The largest absolute Gasteiger partial charge is 0.497 e. The van der Waals surface area contributed by atoms with E-state index in [0.29, 0.717) is 48.1 Å². The first-order valence-electron chi connectivity index (χ1n) is 10.0. The van der Waals surface area contributed by atoms with Crippen LogP contribution in [0.2, 0.25) is 0 Å². The van der Waals surface area contributed by atoms with Gasteiger partial charge in [-0.1, -0.05) is 13.8 Å². The number of ether oxygens (including phenoxy) is 2. The number of carbonyl (C=O) groups excluding carboxylic acids is 2. The van der Waals surface area contributed by atoms with Gasteiger partial charge in [0.25, 0.3) is 5.91 Å². The Morgan fingerprint density at radius 1 is 1.23 bits per heavy atom. The number of hydrogen-bond acceptors (Lipinski definition) is 6. The third-order valence-electron chi connectivity index (χ3n) is 5.03. The van der Waals surface area contributed by atoms with E-state index >= 15 is 0 Å². The van der Waals surface area contributed by atoms with Crippen molar-refractivity contribution < 1.29 is 19.1 Å². The van der Waals surface area contributed by atoms with E-state index in [-0.39, 0.29) is 29.8 Å². The molecule has 0 spiro atoms. The lowest BCUT2D eigenvalue weighted by atomic mass is 10.1. The highest BCUT2D eigenvalue weighted by atomic mass is 16.5. The summed E-state index contributed by atoms with van der Waals surface area (Å²) < 4.78 is 10.6. The number of rotatable bonds is 7. The van der Waals surface area contributed by atoms with E-state index in [1.165, 1.54) is 0 Å². The highest BCUT2D eigenvalue weighted by molar-refractivity contribution is 5.95. The molecule has 3 rings (SSSR count). The molecule has 1 fully saturated rings. The monoisotopic (exact) mass is 415 g/mol. The molecule has 1 aliphatic heterocycles. The van der Waals surface area contributed by atoms with Crippen LogP contribution in [0.4, 0.5) is 0 Å². The van der Waals surface area contributed by atoms with Crippen molar-refractivity contribution in [2.24, 2.45) is 5.92 Å². The average Bonchev–Trinajstić information content (AvgIpc) is 3.32. The quantitative estimate of drug-likeness (QED) is 0.718. The van der Waals surface area contributed by atoms with Crippen LogP contribution in [0.25, 0.3) is 0 Å². The Morgan fingerprint density at radius 2 is 1.90 bits per heavy atom. The van der Waals surface area contributed by atoms with Crippen molar-refractivity contribution in [3.63, 3.8) is 0 Å². The number of aromatic amines is 1. The first-order chi connectivity index (χ1) is 14.3. The van der Waals surface area contributed by atoms with E-state index in [4.69, 9.17) is 9.47 Å². The van der Waals surface area contributed by atoms with Crippen molar-refractivity contribution in [2.45, 2.75) is 45.7 Å². The van der Waals surface area contributed by atoms with Crippen LogP contribution in [0.15, 0.2) is 18.2 Å². The van der Waals surface area contributed by atoms with E-state index in [1.807, 2.05) is 20.8 Å². The number of nitrogens with one attached hydrogen (secondary N) is 2. The van der Waals surface area contributed by atoms with Gasteiger partial charge in [-0.2, -0.15) is 5.10 Å². The molecule has 1 aromatic heterocycles. The number of aryl methyl sites for hydroxylation is 1. The molecule has 162 valence electrons. The van der Waals surface area contributed by atoms with Crippen molar-refractivity contribution >= 4 is 11.8 Å². The summed E-state index contributed by atoms with van der Waals surface area (Å²) in [7, 11) is 3.08. The Bertz CT molecular complexity index is 888. The Kier molecular flexibility index (Phi) is 6.59. The number of methoxy groups -OCH3 is 2. The van der Waals surface area contributed by atoms with E-state index in [9.17, 15) is 9.59 Å². The smallest absolute Gasteiger partial charge is 0.254 e. The average molecular weight is 415 g/mol. The molecule has 9 heteroatoms. The van der Waals surface area contributed by atoms with Crippen LogP contribution in [-0.4, -0.2) is 58.7 Å². The normalized spacial score (nSPS) is 18.5. The molecule has 0 radical (unpaired) electrons. The predicted molar refractivity (Wildman–Crippen MR) is 110 cm³/mol. The maximum absolute atomic E-state index is 13.4. The van der Waals surface area contributed by atoms with Gasteiger partial charge in [0.15, 0.2) is 5.82 Å². The first kappa shape index (κ1) is 21.6. The van der Waals surface area contributed by atoms with E-state index in [2.05, 4.69) is 20.5 Å². The molecule has 0 bridgehead atoms. The number of aromatic nitrogens is 3. The Balaban J connectivity index is 1.87. The number of hydrogen-bond donors (Lipinski definition) is 2. The second-order valence-electron chi connectivity index (χ2n) is 7.95. The summed E-state index contributed by atoms with van der Waals surface area (Å²) >= 11 is 0. The van der Waals surface area contributed by atoms with Gasteiger partial charge in [-0.25, -0.2) is 4.98 Å². The molecule has 2 N–H and O–H groups in total. The van der Waals surface area contributed by atoms with Crippen molar-refractivity contribution in [3.8, 4) is 11.5 Å². The molecule has 2 aromatic rings. The third-order valence-corrected chi connectivity index (χ3v) is 5.03. The second-order valence-corrected chi connectivity index (χ2v) is 7.95. The van der Waals surface area contributed by atoms with E-state index in [1.54, 1.807) is 37.3 Å². The Hall–Kier alpha value is -3.10. The van der Waals surface area contributed by atoms with Gasteiger partial charge < -0.3 is 19.7 Å². The molecule has 0 unspecified atom stereocenters. The molecule has 2 heterocycles. The highest BCUT2D eigenvalue weighted by Gasteiger charge is 2.39. The van der Waals surface area contributed by atoms with Gasteiger partial charge in [-0.05, 0) is 31.4 Å². The standard InChI is InChI=1S/C21H29N5O4/c1-12(2)6-19(27)23-15-9-18(20-22-13(3)24-25-20)26(11-15)21(28)14-7-16(29-4)10-17(8-14)30-5/h7-8,10,12,15,18H,6,9,11H2,1-5H3,(H,23,27)(H,22,24,25)/t15-,18-/m0/s1. The van der Waals surface area contributed by atoms with Crippen LogP contribution < -0.4 is 14.8 Å². The van der Waals surface area contributed by atoms with Gasteiger partial charge in [0.2, 0.25) is 5.91 Å². The van der Waals surface area contributed by atoms with Crippen molar-refractivity contribution in [1.82, 2.24) is 25.4 Å². The van der Waals surface area contributed by atoms with Crippen LogP contribution >= 0.6 is 0 Å². The lowest BCUT2D eigenvalue weighted by Crippen LogP contribution is -2.39. The number of nitrogens with zero attached hydrogens (tertiary/aromatic N) is 3. The van der Waals surface area contributed by atoms with Crippen molar-refractivity contribution in [2.75, 3.05) is 20.8 Å². The summed E-state index contributed by atoms with van der Waals surface area (Å²) in [5.41, 5.74) is 0.442. The molecular formula is C21H29N5O4. The van der Waals surface area contributed by atoms with Crippen molar-refractivity contribution in [1.29, 1.82) is 0 Å². The van der Waals surface area contributed by atoms with Crippen LogP contribution in [0, 0.1) is 12.8 Å². The van der Waals surface area contributed by atoms with Crippen LogP contribution in [0.1, 0.15) is 54.7 Å². The molecule has 1 saturated heterocycles. The van der Waals surface area contributed by atoms with Crippen LogP contribution in [0.3, 0.4) is 0 Å². The SMILES string of the molecule is COc1cc(OC)cc(C(=O)N2C[C@@H](NC(=O)CC(C)C)C[C@H]2c2n[nH]c(C)n2)c1. The maximum Gasteiger partial charge on any atom is 0.254 e. The first-order valence-corrected chi connectivity index (χ1v) is 10.0. The summed E-state index contributed by atoms with van der Waals surface area (Å²) in [4.78, 5) is 31.8. The molecule has 2 amide bonds. The summed E-state index contributed by atoms with van der Waals surface area (Å²) in [6, 6.07) is 4.55. The fraction of sp³-hybridized carbons (Fsp3) is 0.524. The Labute approximate surface area is 176 Å². The van der Waals surface area contributed by atoms with Gasteiger partial charge >= 0.3 is 0 Å². The van der Waals surface area contributed by atoms with Gasteiger partial charge in [-0.15, -0.1) is 0 Å². The lowest BCUT2D eigenvalue weighted by molar-refractivity contribution is -0.122. The number of likely N-dealkylation sites (tertiary alicyclic amines) is 1. The van der Waals surface area contributed by atoms with Gasteiger partial charge in [0.1, 0.15) is 17.3 Å². The summed E-state index contributed by atoms with van der Waals surface area (Å²) in [5, 5.41) is 10.1. The minimum Gasteiger partial charge on any atom is -0.497 e. The summed E-state index contributed by atoms with van der Waals surface area (Å²) in [6.45, 7) is 6.19. The number of benzene rings is 1. The molecule has 2 atom stereocenters. The maximum atomic E-state index is 13.4. The van der Waals surface area contributed by atoms with E-state index in [0.717, 1.165) is 0 Å². The third kappa shape index (κ3) is 4.90. The van der Waals surface area contributed by atoms with Gasteiger partial charge in [0, 0.05) is 30.6 Å². The van der Waals surface area contributed by atoms with E-state index < -0.39 is 0 Å². The summed E-state index contributed by atoms with van der Waals surface area (Å²) in [6.07, 6.45) is 0.996.